The molecule has 0 aliphatic rings. The minimum atomic E-state index is 0.511. The van der Waals surface area contributed by atoms with Crippen LogP contribution in [0.4, 0.5) is 5.82 Å². The summed E-state index contributed by atoms with van der Waals surface area (Å²) in [4.78, 5) is 14.0. The van der Waals surface area contributed by atoms with Crippen molar-refractivity contribution in [3.05, 3.63) is 72.6 Å². The Hall–Kier alpha value is -3.27. The fourth-order valence-electron chi connectivity index (χ4n) is 3.13. The van der Waals surface area contributed by atoms with Crippen LogP contribution >= 0.6 is 0 Å². The first kappa shape index (κ1) is 16.2. The molecule has 2 aromatic heterocycles. The van der Waals surface area contributed by atoms with Crippen LogP contribution in [0, 0.1) is 0 Å². The lowest BCUT2D eigenvalue weighted by molar-refractivity contribution is 0.879. The first-order chi connectivity index (χ1) is 12.8. The molecular formula is C22H20N4. The van der Waals surface area contributed by atoms with Gasteiger partial charge in [0.1, 0.15) is 5.82 Å². The molecule has 2 heterocycles. The van der Waals surface area contributed by atoms with Gasteiger partial charge in [0.15, 0.2) is 0 Å². The lowest BCUT2D eigenvalue weighted by Gasteiger charge is -2.13. The Morgan fingerprint density at radius 3 is 2.46 bits per heavy atom. The molecule has 4 aromatic rings. The Balaban J connectivity index is 1.95. The fraction of sp³-hybridized carbons (Fsp3) is 0.136. The van der Waals surface area contributed by atoms with Crippen molar-refractivity contribution in [2.24, 2.45) is 0 Å². The van der Waals surface area contributed by atoms with E-state index in [0.29, 0.717) is 5.82 Å². The minimum Gasteiger partial charge on any atom is -0.382 e. The first-order valence-electron chi connectivity index (χ1n) is 8.83. The SMILES string of the molecule is CCCc1nc(-c2ccc3ncccc3c2)c(-c2ccccc2)nc1N. The molecule has 26 heavy (non-hydrogen) atoms. The van der Waals surface area contributed by atoms with Crippen molar-refractivity contribution < 1.29 is 0 Å². The van der Waals surface area contributed by atoms with E-state index in [1.807, 2.05) is 42.5 Å². The highest BCUT2D eigenvalue weighted by Crippen LogP contribution is 2.32. The van der Waals surface area contributed by atoms with Crippen molar-refractivity contribution in [2.75, 3.05) is 5.73 Å². The third-order valence-corrected chi connectivity index (χ3v) is 4.41. The minimum absolute atomic E-state index is 0.511. The summed E-state index contributed by atoms with van der Waals surface area (Å²) in [6.07, 6.45) is 3.60. The highest BCUT2D eigenvalue weighted by molar-refractivity contribution is 5.87. The first-order valence-corrected chi connectivity index (χ1v) is 8.83. The molecular weight excluding hydrogens is 320 g/mol. The zero-order chi connectivity index (χ0) is 17.9. The molecule has 0 amide bonds. The van der Waals surface area contributed by atoms with Crippen LogP contribution in [-0.4, -0.2) is 15.0 Å². The lowest BCUT2D eigenvalue weighted by Crippen LogP contribution is -2.05. The number of pyridine rings is 1. The van der Waals surface area contributed by atoms with Gasteiger partial charge in [0.2, 0.25) is 0 Å². The standard InChI is InChI=1S/C22H20N4/c1-2-7-19-22(23)26-20(15-8-4-3-5-9-15)21(25-19)17-11-12-18-16(14-17)10-6-13-24-18/h3-6,8-14H,2,7H2,1H3,(H2,23,26). The van der Waals surface area contributed by atoms with Gasteiger partial charge in [-0.2, -0.15) is 0 Å². The number of hydrogen-bond donors (Lipinski definition) is 1. The number of nitrogen functional groups attached to an aromatic ring is 1. The number of nitrogens with two attached hydrogens (primary N) is 1. The molecule has 0 atom stereocenters. The predicted molar refractivity (Wildman–Crippen MR) is 107 cm³/mol. The largest absolute Gasteiger partial charge is 0.382 e. The maximum atomic E-state index is 6.20. The van der Waals surface area contributed by atoms with E-state index < -0.39 is 0 Å². The molecule has 0 radical (unpaired) electrons. The fourth-order valence-corrected chi connectivity index (χ4v) is 3.13. The van der Waals surface area contributed by atoms with Crippen LogP contribution in [0.5, 0.6) is 0 Å². The molecule has 2 N–H and O–H groups in total. The van der Waals surface area contributed by atoms with Gasteiger partial charge in [0, 0.05) is 22.7 Å². The summed E-state index contributed by atoms with van der Waals surface area (Å²) in [6.45, 7) is 2.12. The van der Waals surface area contributed by atoms with E-state index in [9.17, 15) is 0 Å². The van der Waals surface area contributed by atoms with Crippen molar-refractivity contribution >= 4 is 16.7 Å². The van der Waals surface area contributed by atoms with Gasteiger partial charge in [-0.3, -0.25) is 4.98 Å². The molecule has 0 saturated carbocycles. The van der Waals surface area contributed by atoms with E-state index in [-0.39, 0.29) is 0 Å². The molecule has 4 rings (SSSR count). The van der Waals surface area contributed by atoms with Gasteiger partial charge in [0.25, 0.3) is 0 Å². The number of nitrogens with zero attached hydrogens (tertiary/aromatic N) is 3. The molecule has 0 spiro atoms. The average molecular weight is 340 g/mol. The molecule has 0 fully saturated rings. The van der Waals surface area contributed by atoms with E-state index in [4.69, 9.17) is 15.7 Å². The molecule has 128 valence electrons. The number of anilines is 1. The Labute approximate surface area is 152 Å². The van der Waals surface area contributed by atoms with E-state index in [2.05, 4.69) is 30.1 Å². The van der Waals surface area contributed by atoms with Gasteiger partial charge in [0.05, 0.1) is 22.6 Å². The summed E-state index contributed by atoms with van der Waals surface area (Å²) in [7, 11) is 0. The Morgan fingerprint density at radius 1 is 0.846 bits per heavy atom. The lowest BCUT2D eigenvalue weighted by atomic mass is 10.0. The third-order valence-electron chi connectivity index (χ3n) is 4.41. The van der Waals surface area contributed by atoms with Gasteiger partial charge in [-0.1, -0.05) is 55.8 Å². The van der Waals surface area contributed by atoms with Crippen molar-refractivity contribution in [2.45, 2.75) is 19.8 Å². The third kappa shape index (κ3) is 3.02. The molecule has 0 bridgehead atoms. The Kier molecular flexibility index (Phi) is 4.32. The highest BCUT2D eigenvalue weighted by atomic mass is 14.9. The van der Waals surface area contributed by atoms with Crippen molar-refractivity contribution in [1.29, 1.82) is 0 Å². The summed E-state index contributed by atoms with van der Waals surface area (Å²) >= 11 is 0. The maximum Gasteiger partial charge on any atom is 0.145 e. The molecule has 0 aliphatic heterocycles. The zero-order valence-electron chi connectivity index (χ0n) is 14.7. The number of benzene rings is 2. The van der Waals surface area contributed by atoms with Crippen LogP contribution in [0.1, 0.15) is 19.0 Å². The average Bonchev–Trinajstić information content (AvgIpc) is 2.69. The summed E-state index contributed by atoms with van der Waals surface area (Å²) < 4.78 is 0. The topological polar surface area (TPSA) is 64.7 Å². The van der Waals surface area contributed by atoms with Crippen molar-refractivity contribution in [1.82, 2.24) is 15.0 Å². The molecule has 4 heteroatoms. The van der Waals surface area contributed by atoms with E-state index >= 15 is 0 Å². The summed E-state index contributed by atoms with van der Waals surface area (Å²) in [5.41, 5.74) is 11.7. The van der Waals surface area contributed by atoms with Gasteiger partial charge >= 0.3 is 0 Å². The summed E-state index contributed by atoms with van der Waals surface area (Å²) in [5, 5.41) is 1.08. The second-order valence-electron chi connectivity index (χ2n) is 6.28. The van der Waals surface area contributed by atoms with Crippen LogP contribution in [0.2, 0.25) is 0 Å². The van der Waals surface area contributed by atoms with E-state index in [1.165, 1.54) is 0 Å². The number of aromatic nitrogens is 3. The Bertz CT molecular complexity index is 1060. The number of hydrogen-bond acceptors (Lipinski definition) is 4. The zero-order valence-corrected chi connectivity index (χ0v) is 14.7. The molecule has 0 saturated heterocycles. The molecule has 0 unspecified atom stereocenters. The maximum absolute atomic E-state index is 6.20. The smallest absolute Gasteiger partial charge is 0.145 e. The number of rotatable bonds is 4. The van der Waals surface area contributed by atoms with Gasteiger partial charge in [-0.25, -0.2) is 9.97 Å². The van der Waals surface area contributed by atoms with Gasteiger partial charge in [-0.15, -0.1) is 0 Å². The van der Waals surface area contributed by atoms with Crippen LogP contribution in [0.15, 0.2) is 66.9 Å². The normalized spacial score (nSPS) is 11.0. The van der Waals surface area contributed by atoms with Crippen LogP contribution < -0.4 is 5.73 Å². The monoisotopic (exact) mass is 340 g/mol. The quantitative estimate of drug-likeness (QED) is 0.574. The second kappa shape index (κ2) is 6.92. The van der Waals surface area contributed by atoms with Crippen LogP contribution in [0.25, 0.3) is 33.4 Å². The summed E-state index contributed by atoms with van der Waals surface area (Å²) in [5.74, 6) is 0.511. The van der Waals surface area contributed by atoms with Gasteiger partial charge < -0.3 is 5.73 Å². The molecule has 4 nitrogen and oxygen atoms in total. The van der Waals surface area contributed by atoms with Crippen molar-refractivity contribution in [3.8, 4) is 22.5 Å². The predicted octanol–water partition coefficient (Wildman–Crippen LogP) is 4.89. The molecule has 0 aliphatic carbocycles. The highest BCUT2D eigenvalue weighted by Gasteiger charge is 2.15. The van der Waals surface area contributed by atoms with E-state index in [0.717, 1.165) is 52.0 Å². The number of aryl methyl sites for hydroxylation is 1. The second-order valence-corrected chi connectivity index (χ2v) is 6.28. The number of fused-ring (bicyclic) bond motifs is 1. The summed E-state index contributed by atoms with van der Waals surface area (Å²) in [6, 6.07) is 20.3. The van der Waals surface area contributed by atoms with Gasteiger partial charge in [-0.05, 0) is 24.6 Å². The van der Waals surface area contributed by atoms with E-state index in [1.54, 1.807) is 6.20 Å². The Morgan fingerprint density at radius 2 is 1.65 bits per heavy atom. The van der Waals surface area contributed by atoms with Crippen LogP contribution in [-0.2, 0) is 6.42 Å². The molecule has 2 aromatic carbocycles. The van der Waals surface area contributed by atoms with Crippen LogP contribution in [0.3, 0.4) is 0 Å². The van der Waals surface area contributed by atoms with Crippen molar-refractivity contribution in [3.63, 3.8) is 0 Å².